The smallest absolute Gasteiger partial charge is 0.293 e. The maximum atomic E-state index is 4.55. The fraction of sp³-hybridized carbons (Fsp3) is 0. The van der Waals surface area contributed by atoms with Crippen molar-refractivity contribution in [3.8, 4) is 0 Å². The van der Waals surface area contributed by atoms with Gasteiger partial charge in [0.2, 0.25) is 0 Å². The van der Waals surface area contributed by atoms with Crippen molar-refractivity contribution in [1.82, 2.24) is 0 Å². The summed E-state index contributed by atoms with van der Waals surface area (Å²) in [5, 5.41) is 0. The molecule has 1 atom stereocenters. The molecule has 1 unspecified atom stereocenters. The predicted octanol–water partition coefficient (Wildman–Crippen LogP) is 0.755. The lowest BCUT2D eigenvalue weighted by Crippen LogP contribution is -1.62. The topological polar surface area (TPSA) is 18.5 Å². The molecule has 0 aliphatic rings. The summed E-state index contributed by atoms with van der Waals surface area (Å²) in [5.74, 6) is 0. The third-order valence-corrected chi connectivity index (χ3v) is 0.539. The second kappa shape index (κ2) is 4.99. The zero-order valence-corrected chi connectivity index (χ0v) is 4.18. The van der Waals surface area contributed by atoms with E-state index in [0.717, 1.165) is 0 Å². The molecule has 0 aromatic carbocycles. The summed E-state index contributed by atoms with van der Waals surface area (Å²) in [5.41, 5.74) is 0. The van der Waals surface area contributed by atoms with Crippen molar-refractivity contribution in [2.45, 2.75) is 0 Å². The average molecular weight is 102 g/mol. The summed E-state index contributed by atoms with van der Waals surface area (Å²) in [6.07, 6.45) is 1.27. The molecule has 0 heterocycles. The highest BCUT2D eigenvalue weighted by molar-refractivity contribution is 7.27. The van der Waals surface area contributed by atoms with Gasteiger partial charge in [-0.05, 0) is 0 Å². The van der Waals surface area contributed by atoms with Gasteiger partial charge < -0.3 is 8.96 Å². The van der Waals surface area contributed by atoms with Crippen molar-refractivity contribution < 1.29 is 8.96 Å². The Morgan fingerprint density at radius 1 is 1.83 bits per heavy atom. The molecule has 0 aromatic heterocycles. The fourth-order valence-electron chi connectivity index (χ4n) is 0.0618. The number of hydrogen-bond donors (Lipinski definition) is 0. The first-order chi connectivity index (χ1) is 2.91. The minimum atomic E-state index is -0.125. The van der Waals surface area contributed by atoms with E-state index < -0.39 is 0 Å². The van der Waals surface area contributed by atoms with Crippen molar-refractivity contribution in [2.75, 3.05) is 0 Å². The van der Waals surface area contributed by atoms with E-state index in [4.69, 9.17) is 0 Å². The van der Waals surface area contributed by atoms with E-state index in [1.165, 1.54) is 6.26 Å². The van der Waals surface area contributed by atoms with Crippen LogP contribution < -0.4 is 0 Å². The molecule has 0 saturated heterocycles. The van der Waals surface area contributed by atoms with E-state index in [1.54, 1.807) is 0 Å². The van der Waals surface area contributed by atoms with Gasteiger partial charge in [0, 0.05) is 0 Å². The SMILES string of the molecule is [B]OPOC=C. The van der Waals surface area contributed by atoms with Crippen LogP contribution in [0.2, 0.25) is 0 Å². The van der Waals surface area contributed by atoms with Gasteiger partial charge in [0.1, 0.15) is 0 Å². The maximum Gasteiger partial charge on any atom is 0.293 e. The summed E-state index contributed by atoms with van der Waals surface area (Å²) in [6, 6.07) is 0. The molecule has 0 saturated carbocycles. The Hall–Kier alpha value is -0.00506. The van der Waals surface area contributed by atoms with Gasteiger partial charge in [0.05, 0.1) is 6.26 Å². The molecule has 0 amide bonds. The highest BCUT2D eigenvalue weighted by Crippen LogP contribution is 2.08. The summed E-state index contributed by atoms with van der Waals surface area (Å²) in [7, 11) is 4.43. The molecule has 0 aliphatic carbocycles. The molecule has 0 N–H and O–H groups in total. The summed E-state index contributed by atoms with van der Waals surface area (Å²) in [6.45, 7) is 3.25. The lowest BCUT2D eigenvalue weighted by molar-refractivity contribution is 0.486. The minimum absolute atomic E-state index is 0.125. The zero-order chi connectivity index (χ0) is 4.83. The molecule has 4 heteroatoms. The molecule has 0 spiro atoms. The second-order valence-electron chi connectivity index (χ2n) is 0.486. The third-order valence-electron chi connectivity index (χ3n) is 0.180. The summed E-state index contributed by atoms with van der Waals surface area (Å²) in [4.78, 5) is 0. The van der Waals surface area contributed by atoms with Crippen LogP contribution in [0.3, 0.4) is 0 Å². The van der Waals surface area contributed by atoms with E-state index >= 15 is 0 Å². The van der Waals surface area contributed by atoms with Gasteiger partial charge >= 0.3 is 0 Å². The van der Waals surface area contributed by atoms with Crippen LogP contribution in [0.1, 0.15) is 0 Å². The van der Waals surface area contributed by atoms with Crippen LogP contribution in [0.5, 0.6) is 0 Å². The molecule has 0 bridgehead atoms. The molecule has 2 nitrogen and oxygen atoms in total. The van der Waals surface area contributed by atoms with Gasteiger partial charge in [0.15, 0.2) is 9.03 Å². The van der Waals surface area contributed by atoms with Crippen LogP contribution >= 0.6 is 9.03 Å². The van der Waals surface area contributed by atoms with E-state index in [-0.39, 0.29) is 9.03 Å². The highest BCUT2D eigenvalue weighted by Gasteiger charge is 1.67. The number of rotatable bonds is 3. The Balaban J connectivity index is 2.49. The van der Waals surface area contributed by atoms with Crippen molar-refractivity contribution >= 4 is 17.1 Å². The van der Waals surface area contributed by atoms with Gasteiger partial charge in [-0.2, -0.15) is 0 Å². The lowest BCUT2D eigenvalue weighted by atomic mass is 10.6. The molecule has 2 radical (unpaired) electrons. The van der Waals surface area contributed by atoms with Crippen molar-refractivity contribution in [3.63, 3.8) is 0 Å². The van der Waals surface area contributed by atoms with Crippen molar-refractivity contribution in [2.24, 2.45) is 0 Å². The molecule has 32 valence electrons. The normalized spacial score (nSPS) is 9.33. The first-order valence-corrected chi connectivity index (χ1v) is 2.10. The Morgan fingerprint density at radius 3 is 2.67 bits per heavy atom. The van der Waals surface area contributed by atoms with E-state index in [0.29, 0.717) is 0 Å². The summed E-state index contributed by atoms with van der Waals surface area (Å²) >= 11 is 0. The first kappa shape index (κ1) is 5.99. The molecule has 0 rings (SSSR count). The average Bonchev–Trinajstić information content (AvgIpc) is 1.61. The molecule has 6 heavy (non-hydrogen) atoms. The largest absolute Gasteiger partial charge is 0.459 e. The molecule has 0 aromatic rings. The Morgan fingerprint density at radius 2 is 2.50 bits per heavy atom. The molecular formula is C2H4BO2P. The first-order valence-electron chi connectivity index (χ1n) is 1.29. The number of hydrogen-bond acceptors (Lipinski definition) is 2. The van der Waals surface area contributed by atoms with Crippen molar-refractivity contribution in [1.29, 1.82) is 0 Å². The van der Waals surface area contributed by atoms with Gasteiger partial charge in [-0.3, -0.25) is 0 Å². The van der Waals surface area contributed by atoms with Crippen LogP contribution in [-0.4, -0.2) is 8.05 Å². The van der Waals surface area contributed by atoms with E-state index in [9.17, 15) is 0 Å². The maximum absolute atomic E-state index is 4.55. The molecule has 0 aliphatic heterocycles. The Labute approximate surface area is 39.9 Å². The predicted molar refractivity (Wildman–Crippen MR) is 26.4 cm³/mol. The molecular weight excluding hydrogens is 97.8 g/mol. The standard InChI is InChI=1S/C2H4BO2P/c1-2-4-6-5-3/h2,6H,1H2. The third kappa shape index (κ3) is 3.99. The fourth-order valence-corrected chi connectivity index (χ4v) is 0.185. The van der Waals surface area contributed by atoms with Gasteiger partial charge in [-0.1, -0.05) is 6.58 Å². The summed E-state index contributed by atoms with van der Waals surface area (Å²) < 4.78 is 8.44. The minimum Gasteiger partial charge on any atom is -0.459 e. The van der Waals surface area contributed by atoms with Crippen LogP contribution in [0, 0.1) is 0 Å². The Bertz CT molecular complexity index is 40.5. The van der Waals surface area contributed by atoms with Crippen LogP contribution in [-0.2, 0) is 8.96 Å². The van der Waals surface area contributed by atoms with Crippen molar-refractivity contribution in [3.05, 3.63) is 12.8 Å². The van der Waals surface area contributed by atoms with Crippen LogP contribution in [0.15, 0.2) is 12.8 Å². The molecule has 0 fully saturated rings. The van der Waals surface area contributed by atoms with E-state index in [2.05, 4.69) is 23.6 Å². The zero-order valence-electron chi connectivity index (χ0n) is 3.18. The monoisotopic (exact) mass is 102 g/mol. The van der Waals surface area contributed by atoms with E-state index in [1.807, 2.05) is 0 Å². The Kier molecular flexibility index (Phi) is 4.99. The van der Waals surface area contributed by atoms with Gasteiger partial charge in [-0.25, -0.2) is 0 Å². The van der Waals surface area contributed by atoms with Crippen LogP contribution in [0.4, 0.5) is 0 Å². The lowest BCUT2D eigenvalue weighted by Gasteiger charge is -1.91. The van der Waals surface area contributed by atoms with Gasteiger partial charge in [-0.15, -0.1) is 0 Å². The quantitative estimate of drug-likeness (QED) is 0.226. The highest BCUT2D eigenvalue weighted by atomic mass is 31.1. The van der Waals surface area contributed by atoms with Crippen LogP contribution in [0.25, 0.3) is 0 Å². The second-order valence-corrected chi connectivity index (χ2v) is 1.12. The van der Waals surface area contributed by atoms with Gasteiger partial charge in [0.25, 0.3) is 8.05 Å².